The maximum atomic E-state index is 13.1. The van der Waals surface area contributed by atoms with Crippen molar-refractivity contribution in [2.75, 3.05) is 31.5 Å². The molecule has 0 radical (unpaired) electrons. The normalized spacial score (nSPS) is 21.1. The molecule has 0 unspecified atom stereocenters. The number of benzene rings is 1. The van der Waals surface area contributed by atoms with Crippen LogP contribution >= 0.6 is 22.9 Å². The number of carbonyl (C=O) groups excluding carboxylic acids is 2. The third kappa shape index (κ3) is 7.07. The van der Waals surface area contributed by atoms with Crippen LogP contribution in [-0.4, -0.2) is 68.3 Å². The summed E-state index contributed by atoms with van der Waals surface area (Å²) in [7, 11) is -3.83. The molecule has 2 saturated heterocycles. The number of para-hydroxylation sites is 1. The van der Waals surface area contributed by atoms with Gasteiger partial charge in [0.05, 0.1) is 10.9 Å². The Kier molecular flexibility index (Phi) is 8.48. The molecule has 3 heterocycles. The number of halogens is 1. The highest BCUT2D eigenvalue weighted by Crippen LogP contribution is 2.23. The van der Waals surface area contributed by atoms with Crippen LogP contribution in [0.25, 0.3) is 6.08 Å². The van der Waals surface area contributed by atoms with Gasteiger partial charge < -0.3 is 15.1 Å². The van der Waals surface area contributed by atoms with Gasteiger partial charge in [0.15, 0.2) is 0 Å². The zero-order valence-electron chi connectivity index (χ0n) is 19.2. The maximum Gasteiger partial charge on any atom is 0.242 e. The van der Waals surface area contributed by atoms with E-state index in [1.54, 1.807) is 12.1 Å². The number of nitrogens with one attached hydrogen (secondary N) is 2. The number of piperidine rings is 1. The van der Waals surface area contributed by atoms with E-state index in [2.05, 4.69) is 10.0 Å². The summed E-state index contributed by atoms with van der Waals surface area (Å²) in [6.07, 6.45) is 4.30. The Morgan fingerprint density at radius 1 is 1.11 bits per heavy atom. The number of nitrogens with zero attached hydrogens (tertiary/aromatic N) is 2. The molecule has 2 aliphatic heterocycles. The summed E-state index contributed by atoms with van der Waals surface area (Å²) in [6, 6.07) is 12.4. The predicted octanol–water partition coefficient (Wildman–Crippen LogP) is 3.39. The lowest BCUT2D eigenvalue weighted by atomic mass is 10.1. The molecule has 1 aromatic carbocycles. The molecule has 0 aliphatic carbocycles. The summed E-state index contributed by atoms with van der Waals surface area (Å²) in [5, 5.41) is 4.42. The van der Waals surface area contributed by atoms with E-state index in [4.69, 9.17) is 11.6 Å². The van der Waals surface area contributed by atoms with Gasteiger partial charge in [-0.25, -0.2) is 8.42 Å². The monoisotopic (exact) mass is 536 g/mol. The Balaban J connectivity index is 1.32. The van der Waals surface area contributed by atoms with E-state index >= 15 is 0 Å². The van der Waals surface area contributed by atoms with Crippen LogP contribution < -0.4 is 10.0 Å². The standard InChI is InChI=1S/C24H29ClN4O4S2/c25-22-11-10-20(34-22)12-15-35(32,33)27-21-9-5-13-28(24(21)31)17-23(30)29-14-4-8-19(29)16-26-18-6-2-1-3-7-18/h1-3,6-7,10-12,15,19,21,26-27H,4-5,8-9,13-14,16-17H2/t19-,21-/m0/s1. The molecule has 2 atom stereocenters. The molecule has 2 fully saturated rings. The number of thiophene rings is 1. The molecule has 35 heavy (non-hydrogen) atoms. The van der Waals surface area contributed by atoms with Gasteiger partial charge in [0.1, 0.15) is 6.04 Å². The Labute approximate surface area is 215 Å². The number of rotatable bonds is 9. The number of anilines is 1. The topological polar surface area (TPSA) is 98.8 Å². The molecule has 2 N–H and O–H groups in total. The van der Waals surface area contributed by atoms with E-state index in [0.717, 1.165) is 23.9 Å². The molecular formula is C24H29ClN4O4S2. The molecule has 188 valence electrons. The summed E-state index contributed by atoms with van der Waals surface area (Å²) in [5.41, 5.74) is 1.00. The van der Waals surface area contributed by atoms with Gasteiger partial charge in [-0.3, -0.25) is 9.59 Å². The average molecular weight is 537 g/mol. The van der Waals surface area contributed by atoms with E-state index in [9.17, 15) is 18.0 Å². The highest BCUT2D eigenvalue weighted by Gasteiger charge is 2.35. The van der Waals surface area contributed by atoms with Crippen LogP contribution in [0.3, 0.4) is 0 Å². The Hall–Kier alpha value is -2.40. The SMILES string of the molecule is O=C1[C@@H](NS(=O)(=O)C=Cc2ccc(Cl)s2)CCCN1CC(=O)N1CCC[C@H]1CNc1ccccc1. The molecule has 0 bridgehead atoms. The smallest absolute Gasteiger partial charge is 0.242 e. The maximum absolute atomic E-state index is 13.1. The van der Waals surface area contributed by atoms with Crippen molar-refractivity contribution in [1.82, 2.24) is 14.5 Å². The lowest BCUT2D eigenvalue weighted by Gasteiger charge is -2.34. The van der Waals surface area contributed by atoms with Crippen molar-refractivity contribution in [3.05, 3.63) is 57.1 Å². The number of sulfonamides is 1. The van der Waals surface area contributed by atoms with E-state index in [1.165, 1.54) is 22.3 Å². The fraction of sp³-hybridized carbons (Fsp3) is 0.417. The molecule has 2 aliphatic rings. The van der Waals surface area contributed by atoms with Crippen molar-refractivity contribution in [2.45, 2.75) is 37.8 Å². The number of likely N-dealkylation sites (tertiary alicyclic amines) is 2. The first kappa shape index (κ1) is 25.7. The average Bonchev–Trinajstić information content (AvgIpc) is 3.48. The second kappa shape index (κ2) is 11.6. The molecule has 0 spiro atoms. The minimum absolute atomic E-state index is 0.0393. The van der Waals surface area contributed by atoms with E-state index in [1.807, 2.05) is 35.2 Å². The number of amides is 2. The van der Waals surface area contributed by atoms with Gasteiger partial charge in [-0.2, -0.15) is 4.72 Å². The van der Waals surface area contributed by atoms with Crippen LogP contribution in [0.4, 0.5) is 5.69 Å². The molecule has 2 amide bonds. The molecule has 2 aromatic rings. The minimum atomic E-state index is -3.83. The van der Waals surface area contributed by atoms with E-state index < -0.39 is 16.1 Å². The highest BCUT2D eigenvalue weighted by molar-refractivity contribution is 7.92. The first-order valence-electron chi connectivity index (χ1n) is 11.6. The second-order valence-electron chi connectivity index (χ2n) is 8.69. The largest absolute Gasteiger partial charge is 0.383 e. The Morgan fingerprint density at radius 2 is 1.89 bits per heavy atom. The van der Waals surface area contributed by atoms with Gasteiger partial charge in [-0.05, 0) is 56.0 Å². The van der Waals surface area contributed by atoms with Crippen LogP contribution in [0.5, 0.6) is 0 Å². The summed E-state index contributed by atoms with van der Waals surface area (Å²) in [4.78, 5) is 30.1. The van der Waals surface area contributed by atoms with Crippen LogP contribution in [0.15, 0.2) is 47.9 Å². The van der Waals surface area contributed by atoms with Crippen LogP contribution in [0, 0.1) is 0 Å². The fourth-order valence-electron chi connectivity index (χ4n) is 4.44. The number of carbonyl (C=O) groups is 2. The highest BCUT2D eigenvalue weighted by atomic mass is 35.5. The van der Waals surface area contributed by atoms with Crippen molar-refractivity contribution in [2.24, 2.45) is 0 Å². The van der Waals surface area contributed by atoms with E-state index in [0.29, 0.717) is 41.7 Å². The molecular weight excluding hydrogens is 508 g/mol. The van der Waals surface area contributed by atoms with Crippen molar-refractivity contribution in [3.63, 3.8) is 0 Å². The second-order valence-corrected chi connectivity index (χ2v) is 12.0. The first-order valence-corrected chi connectivity index (χ1v) is 14.4. The van der Waals surface area contributed by atoms with Crippen molar-refractivity contribution in [1.29, 1.82) is 0 Å². The van der Waals surface area contributed by atoms with Gasteiger partial charge in [-0.15, -0.1) is 11.3 Å². The summed E-state index contributed by atoms with van der Waals surface area (Å²) in [6.45, 7) is 1.71. The fourth-order valence-corrected chi connectivity index (χ4v) is 6.51. The van der Waals surface area contributed by atoms with Crippen molar-refractivity contribution < 1.29 is 18.0 Å². The molecule has 8 nitrogen and oxygen atoms in total. The van der Waals surface area contributed by atoms with Gasteiger partial charge >= 0.3 is 0 Å². The van der Waals surface area contributed by atoms with Crippen molar-refractivity contribution in [3.8, 4) is 0 Å². The van der Waals surface area contributed by atoms with Crippen LogP contribution in [-0.2, 0) is 19.6 Å². The molecule has 1 aromatic heterocycles. The van der Waals surface area contributed by atoms with Crippen LogP contribution in [0.2, 0.25) is 4.34 Å². The lowest BCUT2D eigenvalue weighted by Crippen LogP contribution is -2.55. The zero-order chi connectivity index (χ0) is 24.8. The Bertz CT molecular complexity index is 1170. The minimum Gasteiger partial charge on any atom is -0.383 e. The first-order chi connectivity index (χ1) is 16.8. The van der Waals surface area contributed by atoms with Gasteiger partial charge in [-0.1, -0.05) is 29.8 Å². The third-order valence-electron chi connectivity index (χ3n) is 6.18. The lowest BCUT2D eigenvalue weighted by molar-refractivity contribution is -0.143. The Morgan fingerprint density at radius 3 is 2.63 bits per heavy atom. The summed E-state index contributed by atoms with van der Waals surface area (Å²) < 4.78 is 28.1. The quantitative estimate of drug-likeness (QED) is 0.512. The summed E-state index contributed by atoms with van der Waals surface area (Å²) in [5.74, 6) is -0.465. The van der Waals surface area contributed by atoms with Gasteiger partial charge in [0.2, 0.25) is 21.8 Å². The molecule has 11 heteroatoms. The summed E-state index contributed by atoms with van der Waals surface area (Å²) >= 11 is 7.14. The molecule has 4 rings (SSSR count). The molecule has 0 saturated carbocycles. The van der Waals surface area contributed by atoms with Crippen molar-refractivity contribution >= 4 is 56.5 Å². The third-order valence-corrected chi connectivity index (χ3v) is 8.49. The number of hydrogen-bond donors (Lipinski definition) is 2. The van der Waals surface area contributed by atoms with Gasteiger partial charge in [0, 0.05) is 41.6 Å². The number of hydrogen-bond acceptors (Lipinski definition) is 6. The van der Waals surface area contributed by atoms with E-state index in [-0.39, 0.29) is 24.4 Å². The predicted molar refractivity (Wildman–Crippen MR) is 140 cm³/mol. The zero-order valence-corrected chi connectivity index (χ0v) is 21.6. The van der Waals surface area contributed by atoms with Gasteiger partial charge in [0.25, 0.3) is 0 Å². The van der Waals surface area contributed by atoms with Crippen LogP contribution in [0.1, 0.15) is 30.6 Å².